The summed E-state index contributed by atoms with van der Waals surface area (Å²) in [5.41, 5.74) is 2.13. The van der Waals surface area contributed by atoms with E-state index in [2.05, 4.69) is 34.7 Å². The molecule has 2 heterocycles. The maximum Gasteiger partial charge on any atom is 0.251 e. The minimum absolute atomic E-state index is 0.0325. The van der Waals surface area contributed by atoms with Gasteiger partial charge in [0.25, 0.3) is 5.91 Å². The number of anilines is 2. The molecule has 1 saturated heterocycles. The Bertz CT molecular complexity index is 666. The van der Waals surface area contributed by atoms with Crippen LogP contribution in [-0.4, -0.2) is 48.9 Å². The molecule has 2 amide bonds. The van der Waals surface area contributed by atoms with Crippen molar-refractivity contribution in [2.24, 2.45) is 5.92 Å². The molecule has 0 bridgehead atoms. The van der Waals surface area contributed by atoms with Crippen molar-refractivity contribution in [2.45, 2.75) is 52.0 Å². The molecule has 1 fully saturated rings. The lowest BCUT2D eigenvalue weighted by Crippen LogP contribution is -2.40. The van der Waals surface area contributed by atoms with Crippen molar-refractivity contribution in [3.05, 3.63) is 23.8 Å². The summed E-state index contributed by atoms with van der Waals surface area (Å²) >= 11 is 0. The van der Waals surface area contributed by atoms with E-state index in [0.29, 0.717) is 23.7 Å². The SMILES string of the molecule is CC(C)CC1Nc2ccc(C(=O)NCCN3CCCCCC3)cc2NC1=O. The van der Waals surface area contributed by atoms with Crippen molar-refractivity contribution in [1.82, 2.24) is 10.2 Å². The van der Waals surface area contributed by atoms with Gasteiger partial charge in [0.05, 0.1) is 11.4 Å². The average Bonchev–Trinajstić information content (AvgIpc) is 2.90. The molecule has 6 nitrogen and oxygen atoms in total. The summed E-state index contributed by atoms with van der Waals surface area (Å²) in [6.07, 6.45) is 5.92. The lowest BCUT2D eigenvalue weighted by atomic mass is 10.00. The molecule has 1 unspecified atom stereocenters. The molecule has 0 aliphatic carbocycles. The molecule has 2 aliphatic heterocycles. The fourth-order valence-electron chi connectivity index (χ4n) is 3.81. The molecule has 3 N–H and O–H groups in total. The van der Waals surface area contributed by atoms with Gasteiger partial charge in [0, 0.05) is 18.7 Å². The van der Waals surface area contributed by atoms with Crippen LogP contribution in [0.1, 0.15) is 56.3 Å². The highest BCUT2D eigenvalue weighted by atomic mass is 16.2. The summed E-state index contributed by atoms with van der Waals surface area (Å²) in [5, 5.41) is 9.23. The van der Waals surface area contributed by atoms with Crippen molar-refractivity contribution in [1.29, 1.82) is 0 Å². The minimum Gasteiger partial charge on any atom is -0.372 e. The Hall–Kier alpha value is -2.08. The van der Waals surface area contributed by atoms with Gasteiger partial charge in [-0.15, -0.1) is 0 Å². The number of carbonyl (C=O) groups excluding carboxylic acids is 2. The van der Waals surface area contributed by atoms with Crippen molar-refractivity contribution < 1.29 is 9.59 Å². The molecule has 0 spiro atoms. The Labute approximate surface area is 162 Å². The summed E-state index contributed by atoms with van der Waals surface area (Å²) < 4.78 is 0. The van der Waals surface area contributed by atoms with E-state index in [4.69, 9.17) is 0 Å². The van der Waals surface area contributed by atoms with E-state index in [1.807, 2.05) is 12.1 Å². The molecule has 3 rings (SSSR count). The van der Waals surface area contributed by atoms with Crippen LogP contribution in [0.2, 0.25) is 0 Å². The Kier molecular flexibility index (Phi) is 6.72. The zero-order valence-corrected chi connectivity index (χ0v) is 16.5. The number of fused-ring (bicyclic) bond motifs is 1. The smallest absolute Gasteiger partial charge is 0.251 e. The first-order valence-electron chi connectivity index (χ1n) is 10.2. The van der Waals surface area contributed by atoms with Gasteiger partial charge in [0.2, 0.25) is 5.91 Å². The zero-order chi connectivity index (χ0) is 19.2. The highest BCUT2D eigenvalue weighted by Crippen LogP contribution is 2.29. The second-order valence-corrected chi connectivity index (χ2v) is 8.09. The standard InChI is InChI=1S/C21H32N4O2/c1-15(2)13-19-21(27)24-18-14-16(7-8-17(18)23-19)20(26)22-9-12-25-10-5-3-4-6-11-25/h7-8,14-15,19,23H,3-6,9-13H2,1-2H3,(H,22,26)(H,24,27). The fraction of sp³-hybridized carbons (Fsp3) is 0.619. The van der Waals surface area contributed by atoms with E-state index >= 15 is 0 Å². The predicted octanol–water partition coefficient (Wildman–Crippen LogP) is 3.07. The summed E-state index contributed by atoms with van der Waals surface area (Å²) in [5.74, 6) is 0.310. The largest absolute Gasteiger partial charge is 0.372 e. The second-order valence-electron chi connectivity index (χ2n) is 8.09. The van der Waals surface area contributed by atoms with Crippen molar-refractivity contribution in [3.63, 3.8) is 0 Å². The minimum atomic E-state index is -0.217. The van der Waals surface area contributed by atoms with Crippen LogP contribution >= 0.6 is 0 Å². The Morgan fingerprint density at radius 1 is 1.19 bits per heavy atom. The number of hydrogen-bond acceptors (Lipinski definition) is 4. The van der Waals surface area contributed by atoms with Gasteiger partial charge in [-0.1, -0.05) is 26.7 Å². The van der Waals surface area contributed by atoms with Crippen LogP contribution in [0.3, 0.4) is 0 Å². The highest BCUT2D eigenvalue weighted by molar-refractivity contribution is 6.05. The monoisotopic (exact) mass is 372 g/mol. The third-order valence-electron chi connectivity index (χ3n) is 5.31. The normalized spacial score (nSPS) is 20.4. The highest BCUT2D eigenvalue weighted by Gasteiger charge is 2.26. The van der Waals surface area contributed by atoms with Gasteiger partial charge >= 0.3 is 0 Å². The van der Waals surface area contributed by atoms with Gasteiger partial charge < -0.3 is 20.9 Å². The first-order valence-corrected chi connectivity index (χ1v) is 10.2. The molecule has 0 aromatic heterocycles. The maximum absolute atomic E-state index is 12.5. The van der Waals surface area contributed by atoms with Gasteiger partial charge in [0.15, 0.2) is 0 Å². The summed E-state index contributed by atoms with van der Waals surface area (Å²) in [7, 11) is 0. The Morgan fingerprint density at radius 3 is 2.63 bits per heavy atom. The van der Waals surface area contributed by atoms with Crippen molar-refractivity contribution in [3.8, 4) is 0 Å². The van der Waals surface area contributed by atoms with Gasteiger partial charge in [-0.05, 0) is 56.5 Å². The molecule has 1 aromatic carbocycles. The lowest BCUT2D eigenvalue weighted by Gasteiger charge is -2.28. The fourth-order valence-corrected chi connectivity index (χ4v) is 3.81. The van der Waals surface area contributed by atoms with Crippen LogP contribution < -0.4 is 16.0 Å². The molecule has 1 atom stereocenters. The summed E-state index contributed by atoms with van der Waals surface area (Å²) in [6.45, 7) is 8.00. The molecule has 0 radical (unpaired) electrons. The van der Waals surface area contributed by atoms with E-state index < -0.39 is 0 Å². The number of nitrogens with one attached hydrogen (secondary N) is 3. The van der Waals surface area contributed by atoms with Crippen molar-refractivity contribution in [2.75, 3.05) is 36.8 Å². The van der Waals surface area contributed by atoms with Crippen LogP contribution in [0.25, 0.3) is 0 Å². The molecular formula is C21H32N4O2. The first-order chi connectivity index (χ1) is 13.0. The van der Waals surface area contributed by atoms with Crippen LogP contribution in [0.4, 0.5) is 11.4 Å². The van der Waals surface area contributed by atoms with Crippen molar-refractivity contribution >= 4 is 23.2 Å². The number of hydrogen-bond donors (Lipinski definition) is 3. The predicted molar refractivity (Wildman–Crippen MR) is 109 cm³/mol. The van der Waals surface area contributed by atoms with E-state index in [9.17, 15) is 9.59 Å². The molecule has 27 heavy (non-hydrogen) atoms. The summed E-state index contributed by atoms with van der Waals surface area (Å²) in [4.78, 5) is 27.2. The summed E-state index contributed by atoms with van der Waals surface area (Å²) in [6, 6.07) is 5.24. The van der Waals surface area contributed by atoms with Gasteiger partial charge in [-0.3, -0.25) is 9.59 Å². The average molecular weight is 373 g/mol. The number of nitrogens with zero attached hydrogens (tertiary/aromatic N) is 1. The third-order valence-corrected chi connectivity index (χ3v) is 5.31. The number of carbonyl (C=O) groups is 2. The van der Waals surface area contributed by atoms with Crippen LogP contribution in [0.15, 0.2) is 18.2 Å². The third kappa shape index (κ3) is 5.45. The first kappa shape index (κ1) is 19.7. The molecule has 148 valence electrons. The quantitative estimate of drug-likeness (QED) is 0.717. The molecule has 6 heteroatoms. The molecular weight excluding hydrogens is 340 g/mol. The van der Waals surface area contributed by atoms with Crippen LogP contribution in [0, 0.1) is 5.92 Å². The number of likely N-dealkylation sites (tertiary alicyclic amines) is 1. The van der Waals surface area contributed by atoms with E-state index in [1.54, 1.807) is 6.07 Å². The van der Waals surface area contributed by atoms with Crippen LogP contribution in [0.5, 0.6) is 0 Å². The number of benzene rings is 1. The Balaban J connectivity index is 1.54. The number of rotatable bonds is 6. The van der Waals surface area contributed by atoms with Gasteiger partial charge in [0.1, 0.15) is 6.04 Å². The van der Waals surface area contributed by atoms with E-state index in [-0.39, 0.29) is 17.9 Å². The van der Waals surface area contributed by atoms with Gasteiger partial charge in [-0.2, -0.15) is 0 Å². The topological polar surface area (TPSA) is 73.5 Å². The second kappa shape index (κ2) is 9.22. The molecule has 0 saturated carbocycles. The lowest BCUT2D eigenvalue weighted by molar-refractivity contribution is -0.117. The maximum atomic E-state index is 12.5. The van der Waals surface area contributed by atoms with Crippen LogP contribution in [-0.2, 0) is 4.79 Å². The molecule has 1 aromatic rings. The van der Waals surface area contributed by atoms with E-state index in [0.717, 1.165) is 31.7 Å². The number of amides is 2. The van der Waals surface area contributed by atoms with Gasteiger partial charge in [-0.25, -0.2) is 0 Å². The zero-order valence-electron chi connectivity index (χ0n) is 16.5. The van der Waals surface area contributed by atoms with E-state index in [1.165, 1.54) is 25.7 Å². The Morgan fingerprint density at radius 2 is 1.93 bits per heavy atom. The molecule has 2 aliphatic rings.